The number of carboxylic acid groups (broad SMARTS) is 1. The van der Waals surface area contributed by atoms with Crippen molar-refractivity contribution in [2.75, 3.05) is 26.7 Å². The van der Waals surface area contributed by atoms with Crippen LogP contribution >= 0.6 is 0 Å². The fraction of sp³-hybridized carbons (Fsp3) is 0.500. The number of aromatic nitrogens is 2. The van der Waals surface area contributed by atoms with Gasteiger partial charge in [0.25, 0.3) is 5.56 Å². The number of fused-ring (bicyclic) bond motifs is 4. The van der Waals surface area contributed by atoms with Gasteiger partial charge in [0.05, 0.1) is 48.3 Å². The Morgan fingerprint density at radius 1 is 1.16 bits per heavy atom. The molecule has 0 saturated heterocycles. The zero-order valence-electron chi connectivity index (χ0n) is 26.2. The maximum atomic E-state index is 14.5. The summed E-state index contributed by atoms with van der Waals surface area (Å²) >= 11 is 0. The molecule has 2 aliphatic rings. The van der Waals surface area contributed by atoms with E-state index < -0.39 is 6.16 Å². The number of pyridine rings is 2. The summed E-state index contributed by atoms with van der Waals surface area (Å²) in [4.78, 5) is 40.8. The third-order valence-electron chi connectivity index (χ3n) is 7.54. The van der Waals surface area contributed by atoms with Crippen molar-refractivity contribution in [1.82, 2.24) is 14.5 Å². The van der Waals surface area contributed by atoms with E-state index in [-0.39, 0.29) is 30.0 Å². The highest BCUT2D eigenvalue weighted by molar-refractivity contribution is 5.92. The van der Waals surface area contributed by atoms with Crippen LogP contribution in [0.15, 0.2) is 16.9 Å². The second-order valence-electron chi connectivity index (χ2n) is 10.9. The summed E-state index contributed by atoms with van der Waals surface area (Å²) in [5, 5.41) is 9.80. The Bertz CT molecular complexity index is 1570. The number of nitrogens with zero attached hydrogens (tertiary/aromatic N) is 3. The summed E-state index contributed by atoms with van der Waals surface area (Å²) in [6.45, 7) is 13.3. The molecule has 1 aromatic carbocycles. The quantitative estimate of drug-likeness (QED) is 0.278. The van der Waals surface area contributed by atoms with Crippen LogP contribution in [-0.2, 0) is 40.3 Å². The second-order valence-corrected chi connectivity index (χ2v) is 10.9. The molecule has 43 heavy (non-hydrogen) atoms. The normalized spacial score (nSPS) is 12.7. The number of hydrogen-bond acceptors (Lipinski definition) is 7. The molecule has 5 rings (SSSR count). The van der Waals surface area contributed by atoms with Crippen molar-refractivity contribution >= 4 is 23.0 Å². The first kappa shape index (κ1) is 33.7. The van der Waals surface area contributed by atoms with Crippen molar-refractivity contribution in [2.45, 2.75) is 80.1 Å². The van der Waals surface area contributed by atoms with Crippen molar-refractivity contribution in [3.8, 4) is 11.4 Å². The smallest absolute Gasteiger partial charge is 0.450 e. The molecule has 1 aliphatic heterocycles. The van der Waals surface area contributed by atoms with Gasteiger partial charge in [0.1, 0.15) is 12.4 Å². The van der Waals surface area contributed by atoms with Gasteiger partial charge in [0.2, 0.25) is 5.91 Å². The van der Waals surface area contributed by atoms with Gasteiger partial charge in [-0.15, -0.1) is 0 Å². The molecule has 0 saturated carbocycles. The highest BCUT2D eigenvalue weighted by Crippen LogP contribution is 2.41. The molecule has 1 amide bonds. The van der Waals surface area contributed by atoms with E-state index in [4.69, 9.17) is 20.6 Å². The summed E-state index contributed by atoms with van der Waals surface area (Å²) in [5.41, 5.74) is 11.6. The maximum Gasteiger partial charge on any atom is 0.506 e. The zero-order chi connectivity index (χ0) is 32.0. The van der Waals surface area contributed by atoms with Gasteiger partial charge in [-0.1, -0.05) is 13.8 Å². The van der Waals surface area contributed by atoms with Crippen LogP contribution in [0.3, 0.4) is 0 Å². The molecule has 1 aliphatic carbocycles. The van der Waals surface area contributed by atoms with Crippen LogP contribution in [0.5, 0.6) is 0 Å². The summed E-state index contributed by atoms with van der Waals surface area (Å²) in [6.07, 6.45) is 1.46. The van der Waals surface area contributed by atoms with E-state index in [2.05, 4.69) is 4.74 Å². The van der Waals surface area contributed by atoms with Crippen molar-refractivity contribution in [2.24, 2.45) is 5.73 Å². The highest BCUT2D eigenvalue weighted by atomic mass is 19.1. The Hall–Kier alpha value is -3.83. The molecule has 0 fully saturated rings. The number of aryl methyl sites for hydroxylation is 3. The fourth-order valence-electron chi connectivity index (χ4n) is 5.53. The van der Waals surface area contributed by atoms with Gasteiger partial charge >= 0.3 is 6.16 Å². The summed E-state index contributed by atoms with van der Waals surface area (Å²) in [6, 6.07) is 3.33. The monoisotopic (exact) mass is 598 g/mol. The molecule has 3 N–H and O–H groups in total. The Morgan fingerprint density at radius 2 is 1.84 bits per heavy atom. The standard InChI is InChI=1S/C22H19FN2O4.C8H18N2O2.C2H6/c1-10-6-18-20-14(8-25(18)21(26)15(10)9-29-22(27)28)13-5-3-4-12-11(2)16(23)7-17(24-20)19(12)13;1-7(2)12-5-4-10(3)6-8(9)11;1-2/h6-7H,3-5,8-9H2,1-2H3,(H,27,28);7H,4-6H2,1-3H3,(H2,9,11);1-2H3. The summed E-state index contributed by atoms with van der Waals surface area (Å²) in [5.74, 6) is -0.553. The largest absolute Gasteiger partial charge is 0.506 e. The van der Waals surface area contributed by atoms with E-state index in [9.17, 15) is 18.8 Å². The number of nitrogens with two attached hydrogens (primary N) is 1. The SMILES string of the molecule is CC.CC(C)OCCN(C)CC(N)=O.Cc1cc2n(c(=O)c1COC(=O)O)Cc1c-2nc2cc(F)c(C)c3c2c1CCC3. The molecule has 3 heterocycles. The summed E-state index contributed by atoms with van der Waals surface area (Å²) in [7, 11) is 1.84. The first-order valence-corrected chi connectivity index (χ1v) is 14.7. The average molecular weight is 599 g/mol. The van der Waals surface area contributed by atoms with E-state index >= 15 is 0 Å². The number of carbonyl (C=O) groups excluding carboxylic acids is 1. The van der Waals surface area contributed by atoms with E-state index in [0.29, 0.717) is 47.6 Å². The van der Waals surface area contributed by atoms with Gasteiger partial charge in [-0.25, -0.2) is 14.2 Å². The number of ether oxygens (including phenoxy) is 2. The molecule has 0 unspecified atom stereocenters. The first-order chi connectivity index (χ1) is 20.4. The molecule has 0 radical (unpaired) electrons. The number of carbonyl (C=O) groups is 2. The number of hydrogen-bond donors (Lipinski definition) is 2. The number of benzene rings is 1. The maximum absolute atomic E-state index is 14.5. The Kier molecular flexibility index (Phi) is 11.4. The molecular formula is C32H43FN4O6. The Labute approximate surface area is 251 Å². The lowest BCUT2D eigenvalue weighted by Crippen LogP contribution is -2.33. The number of amides is 1. The molecule has 2 aromatic heterocycles. The van der Waals surface area contributed by atoms with Gasteiger partial charge in [-0.2, -0.15) is 0 Å². The van der Waals surface area contributed by atoms with Gasteiger partial charge in [-0.3, -0.25) is 14.5 Å². The highest BCUT2D eigenvalue weighted by Gasteiger charge is 2.30. The zero-order valence-corrected chi connectivity index (χ0v) is 26.2. The molecule has 234 valence electrons. The number of likely N-dealkylation sites (N-methyl/N-ethyl adjacent to an activating group) is 1. The lowest BCUT2D eigenvalue weighted by Gasteiger charge is -2.21. The van der Waals surface area contributed by atoms with Crippen molar-refractivity contribution < 1.29 is 28.6 Å². The predicted molar refractivity (Wildman–Crippen MR) is 164 cm³/mol. The molecule has 10 nitrogen and oxygen atoms in total. The van der Waals surface area contributed by atoms with E-state index in [1.165, 1.54) is 6.07 Å². The molecule has 11 heteroatoms. The Morgan fingerprint density at radius 3 is 2.47 bits per heavy atom. The van der Waals surface area contributed by atoms with Gasteiger partial charge in [0, 0.05) is 23.6 Å². The van der Waals surface area contributed by atoms with Crippen LogP contribution in [0, 0.1) is 19.7 Å². The predicted octanol–water partition coefficient (Wildman–Crippen LogP) is 4.72. The third kappa shape index (κ3) is 7.58. The minimum Gasteiger partial charge on any atom is -0.450 e. The van der Waals surface area contributed by atoms with Crippen LogP contribution in [0.1, 0.15) is 67.5 Å². The minimum absolute atomic E-state index is 0.243. The van der Waals surface area contributed by atoms with E-state index in [0.717, 1.165) is 53.6 Å². The number of primary amides is 1. The molecule has 0 spiro atoms. The molecule has 0 atom stereocenters. The van der Waals surface area contributed by atoms with Crippen LogP contribution in [0.25, 0.3) is 22.3 Å². The molecule has 0 bridgehead atoms. The number of rotatable bonds is 8. The third-order valence-corrected chi connectivity index (χ3v) is 7.54. The average Bonchev–Trinajstić information content (AvgIpc) is 3.31. The van der Waals surface area contributed by atoms with E-state index in [1.54, 1.807) is 11.5 Å². The second kappa shape index (κ2) is 14.6. The number of halogens is 1. The minimum atomic E-state index is -1.42. The van der Waals surface area contributed by atoms with Crippen LogP contribution in [-0.4, -0.2) is 64.5 Å². The van der Waals surface area contributed by atoms with Crippen LogP contribution < -0.4 is 11.3 Å². The molecule has 3 aromatic rings. The van der Waals surface area contributed by atoms with Crippen LogP contribution in [0.2, 0.25) is 0 Å². The van der Waals surface area contributed by atoms with Crippen LogP contribution in [0.4, 0.5) is 9.18 Å². The van der Waals surface area contributed by atoms with Crippen molar-refractivity contribution in [3.05, 3.63) is 61.7 Å². The topological polar surface area (TPSA) is 137 Å². The summed E-state index contributed by atoms with van der Waals surface area (Å²) < 4.78 is 26.0. The Balaban J connectivity index is 0.000000308. The van der Waals surface area contributed by atoms with Crippen molar-refractivity contribution in [3.63, 3.8) is 0 Å². The van der Waals surface area contributed by atoms with Crippen molar-refractivity contribution in [1.29, 1.82) is 0 Å². The fourth-order valence-corrected chi connectivity index (χ4v) is 5.53. The van der Waals surface area contributed by atoms with E-state index in [1.807, 2.05) is 52.6 Å². The van der Waals surface area contributed by atoms with Gasteiger partial charge < -0.3 is 24.9 Å². The van der Waals surface area contributed by atoms with Gasteiger partial charge in [-0.05, 0) is 82.3 Å². The lowest BCUT2D eigenvalue weighted by molar-refractivity contribution is -0.119. The van der Waals surface area contributed by atoms with Gasteiger partial charge in [0.15, 0.2) is 0 Å². The lowest BCUT2D eigenvalue weighted by atomic mass is 9.85. The first-order valence-electron chi connectivity index (χ1n) is 14.7. The molecular weight excluding hydrogens is 555 g/mol.